The molecule has 1 aliphatic heterocycles. The van der Waals surface area contributed by atoms with Crippen molar-refractivity contribution in [2.45, 2.75) is 44.7 Å². The second-order valence-corrected chi connectivity index (χ2v) is 4.19. The second kappa shape index (κ2) is 6.08. The van der Waals surface area contributed by atoms with Gasteiger partial charge in [-0.25, -0.2) is 0 Å². The molecular weight excluding hydrogens is 192 g/mol. The number of carbonyl (C=O) groups is 1. The molecule has 1 heterocycles. The summed E-state index contributed by atoms with van der Waals surface area (Å²) in [6.07, 6.45) is 4.35. The van der Waals surface area contributed by atoms with E-state index in [0.29, 0.717) is 6.04 Å². The van der Waals surface area contributed by atoms with Crippen LogP contribution in [-0.2, 0) is 4.79 Å². The summed E-state index contributed by atoms with van der Waals surface area (Å²) in [7, 11) is 1.72. The van der Waals surface area contributed by atoms with E-state index in [2.05, 4.69) is 17.1 Å². The molecule has 1 rings (SSSR count). The molecule has 4 heteroatoms. The number of piperidine rings is 1. The Bertz CT molecular complexity index is 209. The van der Waals surface area contributed by atoms with Gasteiger partial charge in [0.2, 0.25) is 0 Å². The van der Waals surface area contributed by atoms with E-state index in [4.69, 9.17) is 5.11 Å². The van der Waals surface area contributed by atoms with E-state index in [1.165, 1.54) is 12.8 Å². The van der Waals surface area contributed by atoms with E-state index in [1.807, 2.05) is 0 Å². The number of aliphatic carboxylic acids is 1. The molecule has 4 nitrogen and oxygen atoms in total. The van der Waals surface area contributed by atoms with Crippen molar-refractivity contribution in [3.05, 3.63) is 0 Å². The predicted octanol–water partition coefficient (Wildman–Crippen LogP) is 0.923. The van der Waals surface area contributed by atoms with E-state index < -0.39 is 12.0 Å². The summed E-state index contributed by atoms with van der Waals surface area (Å²) in [6.45, 7) is 4.30. The third-order valence-corrected chi connectivity index (χ3v) is 3.31. The van der Waals surface area contributed by atoms with Crippen molar-refractivity contribution in [2.75, 3.05) is 20.1 Å². The first-order valence-corrected chi connectivity index (χ1v) is 5.83. The highest BCUT2D eigenvalue weighted by Crippen LogP contribution is 2.20. The maximum absolute atomic E-state index is 10.9. The van der Waals surface area contributed by atoms with Crippen molar-refractivity contribution in [2.24, 2.45) is 0 Å². The Hall–Kier alpha value is -0.610. The molecule has 0 aromatic heterocycles. The molecule has 2 atom stereocenters. The highest BCUT2D eigenvalue weighted by molar-refractivity contribution is 5.73. The molecule has 15 heavy (non-hydrogen) atoms. The highest BCUT2D eigenvalue weighted by Gasteiger charge is 2.26. The predicted molar refractivity (Wildman–Crippen MR) is 60.0 cm³/mol. The quantitative estimate of drug-likeness (QED) is 0.714. The minimum atomic E-state index is -0.737. The number of hydrogen-bond donors (Lipinski definition) is 2. The first-order chi connectivity index (χ1) is 7.19. The Morgan fingerprint density at radius 1 is 1.60 bits per heavy atom. The third kappa shape index (κ3) is 3.47. The fourth-order valence-electron chi connectivity index (χ4n) is 2.36. The number of carboxylic acids is 1. The summed E-state index contributed by atoms with van der Waals surface area (Å²) in [4.78, 5) is 13.3. The summed E-state index contributed by atoms with van der Waals surface area (Å²) in [5.41, 5.74) is 0. The molecule has 0 spiro atoms. The molecule has 0 aliphatic carbocycles. The van der Waals surface area contributed by atoms with Crippen LogP contribution in [0.3, 0.4) is 0 Å². The summed E-state index contributed by atoms with van der Waals surface area (Å²) in [5.74, 6) is -0.737. The van der Waals surface area contributed by atoms with Gasteiger partial charge in [0.25, 0.3) is 0 Å². The largest absolute Gasteiger partial charge is 0.480 e. The van der Waals surface area contributed by atoms with Crippen molar-refractivity contribution in [1.82, 2.24) is 10.2 Å². The average Bonchev–Trinajstić information content (AvgIpc) is 2.25. The number of hydrogen-bond acceptors (Lipinski definition) is 3. The molecule has 1 saturated heterocycles. The van der Waals surface area contributed by atoms with Gasteiger partial charge in [-0.3, -0.25) is 4.79 Å². The summed E-state index contributed by atoms with van der Waals surface area (Å²) >= 11 is 0. The standard InChI is InChI=1S/C11H22N2O2/c1-3-13-7-5-4-6-9(13)8-10(12-2)11(14)15/h9-10,12H,3-8H2,1-2H3,(H,14,15). The van der Waals surface area contributed by atoms with Crippen molar-refractivity contribution in [1.29, 1.82) is 0 Å². The first-order valence-electron chi connectivity index (χ1n) is 5.83. The summed E-state index contributed by atoms with van der Waals surface area (Å²) in [6, 6.07) is 0.0412. The maximum atomic E-state index is 10.9. The second-order valence-electron chi connectivity index (χ2n) is 4.19. The lowest BCUT2D eigenvalue weighted by atomic mass is 9.96. The van der Waals surface area contributed by atoms with Crippen LogP contribution in [0.4, 0.5) is 0 Å². The van der Waals surface area contributed by atoms with Gasteiger partial charge in [-0.15, -0.1) is 0 Å². The van der Waals surface area contributed by atoms with Gasteiger partial charge in [-0.2, -0.15) is 0 Å². The lowest BCUT2D eigenvalue weighted by molar-refractivity contribution is -0.140. The minimum Gasteiger partial charge on any atom is -0.480 e. The lowest BCUT2D eigenvalue weighted by Gasteiger charge is -2.36. The molecule has 2 N–H and O–H groups in total. The van der Waals surface area contributed by atoms with E-state index in [0.717, 1.165) is 25.9 Å². The molecule has 0 saturated carbocycles. The fraction of sp³-hybridized carbons (Fsp3) is 0.909. The van der Waals surface area contributed by atoms with Crippen LogP contribution in [-0.4, -0.2) is 48.2 Å². The Morgan fingerprint density at radius 3 is 2.87 bits per heavy atom. The van der Waals surface area contributed by atoms with Gasteiger partial charge < -0.3 is 15.3 Å². The molecule has 0 radical (unpaired) electrons. The number of rotatable bonds is 5. The van der Waals surface area contributed by atoms with Crippen LogP contribution in [0.1, 0.15) is 32.6 Å². The van der Waals surface area contributed by atoms with Crippen molar-refractivity contribution >= 4 is 5.97 Å². The van der Waals surface area contributed by atoms with Crippen LogP contribution in [0.2, 0.25) is 0 Å². The van der Waals surface area contributed by atoms with Gasteiger partial charge in [-0.05, 0) is 39.4 Å². The van der Waals surface area contributed by atoms with Gasteiger partial charge in [0.1, 0.15) is 6.04 Å². The number of nitrogens with zero attached hydrogens (tertiary/aromatic N) is 1. The van der Waals surface area contributed by atoms with Crippen molar-refractivity contribution < 1.29 is 9.90 Å². The van der Waals surface area contributed by atoms with Gasteiger partial charge in [-0.1, -0.05) is 13.3 Å². The van der Waals surface area contributed by atoms with Crippen LogP contribution in [0, 0.1) is 0 Å². The van der Waals surface area contributed by atoms with E-state index in [9.17, 15) is 4.79 Å². The van der Waals surface area contributed by atoms with Crippen molar-refractivity contribution in [3.8, 4) is 0 Å². The molecule has 2 unspecified atom stereocenters. The zero-order valence-electron chi connectivity index (χ0n) is 9.70. The monoisotopic (exact) mass is 214 g/mol. The molecule has 1 fully saturated rings. The van der Waals surface area contributed by atoms with Crippen molar-refractivity contribution in [3.63, 3.8) is 0 Å². The molecule has 0 aromatic rings. The Kier molecular flexibility index (Phi) is 5.05. The zero-order valence-corrected chi connectivity index (χ0v) is 9.70. The fourth-order valence-corrected chi connectivity index (χ4v) is 2.36. The summed E-state index contributed by atoms with van der Waals surface area (Å²) < 4.78 is 0. The Balaban J connectivity index is 2.49. The SMILES string of the molecule is CCN1CCCCC1CC(NC)C(=O)O. The molecule has 0 aromatic carbocycles. The lowest BCUT2D eigenvalue weighted by Crippen LogP contribution is -2.45. The molecular formula is C11H22N2O2. The average molecular weight is 214 g/mol. The zero-order chi connectivity index (χ0) is 11.3. The maximum Gasteiger partial charge on any atom is 0.320 e. The van der Waals surface area contributed by atoms with E-state index >= 15 is 0 Å². The first kappa shape index (κ1) is 12.5. The smallest absolute Gasteiger partial charge is 0.320 e. The topological polar surface area (TPSA) is 52.6 Å². The van der Waals surface area contributed by atoms with Gasteiger partial charge in [0, 0.05) is 6.04 Å². The Labute approximate surface area is 91.6 Å². The molecule has 0 amide bonds. The highest BCUT2D eigenvalue weighted by atomic mass is 16.4. The number of likely N-dealkylation sites (N-methyl/N-ethyl adjacent to an activating group) is 1. The Morgan fingerprint density at radius 2 is 2.33 bits per heavy atom. The summed E-state index contributed by atoms with van der Waals surface area (Å²) in [5, 5.41) is 11.8. The van der Waals surface area contributed by atoms with Crippen LogP contribution in [0.25, 0.3) is 0 Å². The van der Waals surface area contributed by atoms with Gasteiger partial charge in [0.15, 0.2) is 0 Å². The van der Waals surface area contributed by atoms with Gasteiger partial charge >= 0.3 is 5.97 Å². The molecule has 0 bridgehead atoms. The molecule has 1 aliphatic rings. The van der Waals surface area contributed by atoms with Crippen LogP contribution in [0.15, 0.2) is 0 Å². The van der Waals surface area contributed by atoms with Gasteiger partial charge in [0.05, 0.1) is 0 Å². The molecule has 88 valence electrons. The van der Waals surface area contributed by atoms with E-state index in [-0.39, 0.29) is 0 Å². The van der Waals surface area contributed by atoms with Crippen LogP contribution >= 0.6 is 0 Å². The van der Waals surface area contributed by atoms with Crippen LogP contribution < -0.4 is 5.32 Å². The number of likely N-dealkylation sites (tertiary alicyclic amines) is 1. The van der Waals surface area contributed by atoms with Crippen LogP contribution in [0.5, 0.6) is 0 Å². The number of nitrogens with one attached hydrogen (secondary N) is 1. The third-order valence-electron chi connectivity index (χ3n) is 3.31. The number of carboxylic acid groups (broad SMARTS) is 1. The normalized spacial score (nSPS) is 25.1. The van der Waals surface area contributed by atoms with E-state index in [1.54, 1.807) is 7.05 Å². The minimum absolute atomic E-state index is 0.401.